The third-order valence-corrected chi connectivity index (χ3v) is 0.826. The number of hydrogen-bond acceptors (Lipinski definition) is 4. The molecule has 0 spiro atoms. The number of rotatable bonds is 1. The molecule has 70 valence electrons. The first-order chi connectivity index (χ1) is 4.68. The van der Waals surface area contributed by atoms with Crippen molar-refractivity contribution < 1.29 is 9.53 Å². The maximum Gasteiger partial charge on any atom is 0.309 e. The zero-order valence-electron chi connectivity index (χ0n) is 6.26. The van der Waals surface area contributed by atoms with E-state index in [9.17, 15) is 4.79 Å². The highest BCUT2D eigenvalue weighted by Crippen LogP contribution is 2.02. The normalized spacial score (nSPS) is 7.75. The van der Waals surface area contributed by atoms with Gasteiger partial charge in [-0.25, -0.2) is 4.98 Å². The molecule has 0 fully saturated rings. The van der Waals surface area contributed by atoms with Crippen LogP contribution in [0.1, 0.15) is 6.92 Å². The van der Waals surface area contributed by atoms with Gasteiger partial charge in [-0.05, 0) is 0 Å². The van der Waals surface area contributed by atoms with Gasteiger partial charge in [-0.3, -0.25) is 9.47 Å². The smallest absolute Gasteiger partial charge is 0.309 e. The van der Waals surface area contributed by atoms with Gasteiger partial charge >= 0.3 is 5.97 Å². The molecule has 1 aromatic heterocycles. The molecule has 0 aromatic carbocycles. The number of carbonyl (C=O) groups excluding carboxylic acids is 1. The van der Waals surface area contributed by atoms with Crippen LogP contribution in [0, 0.1) is 0 Å². The Kier molecular flexibility index (Phi) is 6.45. The van der Waals surface area contributed by atoms with Crippen molar-refractivity contribution in [3.63, 3.8) is 0 Å². The van der Waals surface area contributed by atoms with Crippen LogP contribution in [0.4, 0.5) is 0 Å². The number of halogens is 2. The Morgan fingerprint density at radius 3 is 2.58 bits per heavy atom. The quantitative estimate of drug-likeness (QED) is 0.541. The molecule has 0 radical (unpaired) electrons. The van der Waals surface area contributed by atoms with Crippen LogP contribution in [0.3, 0.4) is 0 Å². The van der Waals surface area contributed by atoms with Crippen molar-refractivity contribution in [2.45, 2.75) is 6.92 Å². The van der Waals surface area contributed by atoms with Crippen molar-refractivity contribution in [2.24, 2.45) is 0 Å². The van der Waals surface area contributed by atoms with Crippen LogP contribution in [0.25, 0.3) is 0 Å². The van der Waals surface area contributed by atoms with Crippen LogP contribution in [-0.2, 0) is 4.79 Å². The average Bonchev–Trinajstić information content (AvgIpc) is 2.13. The summed E-state index contributed by atoms with van der Waals surface area (Å²) in [5.41, 5.74) is 0. The molecule has 0 bridgehead atoms. The summed E-state index contributed by atoms with van der Waals surface area (Å²) in [6.07, 6.45) is 2.75. The van der Waals surface area contributed by atoms with Crippen LogP contribution >= 0.6 is 24.8 Å². The number of nitrogens with zero attached hydrogens (tertiary/aromatic N) is 2. The molecule has 7 heteroatoms. The first-order valence-electron chi connectivity index (χ1n) is 2.66. The van der Waals surface area contributed by atoms with Crippen LogP contribution in [0.15, 0.2) is 12.5 Å². The van der Waals surface area contributed by atoms with Gasteiger partial charge in [0.05, 0.1) is 6.20 Å². The zero-order chi connectivity index (χ0) is 7.56. The minimum Gasteiger partial charge on any atom is -0.406 e. The van der Waals surface area contributed by atoms with Crippen molar-refractivity contribution in [3.05, 3.63) is 12.5 Å². The summed E-state index contributed by atoms with van der Waals surface area (Å²) in [4.78, 5) is 14.0. The van der Waals surface area contributed by atoms with E-state index >= 15 is 0 Å². The molecule has 2 N–H and O–H groups in total. The maximum absolute atomic E-state index is 10.3. The second kappa shape index (κ2) is 5.68. The lowest BCUT2D eigenvalue weighted by Crippen LogP contribution is -2.04. The Hall–Kier alpha value is -0.940. The molecule has 1 heterocycles. The lowest BCUT2D eigenvalue weighted by molar-refractivity contribution is -0.132. The Bertz CT molecular complexity index is 251. The largest absolute Gasteiger partial charge is 0.406 e. The van der Waals surface area contributed by atoms with Crippen LogP contribution < -0.4 is 10.6 Å². The molecule has 0 amide bonds. The molecule has 0 saturated heterocycles. The summed E-state index contributed by atoms with van der Waals surface area (Å²) >= 11 is 0. The highest BCUT2D eigenvalue weighted by atomic mass is 35.5. The highest BCUT2D eigenvalue weighted by molar-refractivity contribution is 5.85. The fourth-order valence-electron chi connectivity index (χ4n) is 0.518. The SMILES string of the molecule is CC(=O)Oc1cn(N)cn1.Cl.Cl. The monoisotopic (exact) mass is 213 g/mol. The van der Waals surface area contributed by atoms with Crippen molar-refractivity contribution in [2.75, 3.05) is 5.84 Å². The first kappa shape index (κ1) is 13.6. The minimum absolute atomic E-state index is 0. The molecule has 0 saturated carbocycles. The van der Waals surface area contributed by atoms with Crippen LogP contribution in [0.2, 0.25) is 0 Å². The number of imidazole rings is 1. The minimum atomic E-state index is -0.404. The number of ether oxygens (including phenoxy) is 1. The Balaban J connectivity index is 0. The molecular formula is C5H9Cl2N3O2. The molecule has 0 aliphatic heterocycles. The number of carbonyl (C=O) groups is 1. The van der Waals surface area contributed by atoms with Crippen molar-refractivity contribution >= 4 is 30.8 Å². The van der Waals surface area contributed by atoms with Gasteiger partial charge in [0.15, 0.2) is 0 Å². The zero-order valence-corrected chi connectivity index (χ0v) is 7.89. The van der Waals surface area contributed by atoms with Gasteiger partial charge in [0, 0.05) is 6.92 Å². The average molecular weight is 214 g/mol. The van der Waals surface area contributed by atoms with E-state index in [0.717, 1.165) is 0 Å². The van der Waals surface area contributed by atoms with Crippen molar-refractivity contribution in [1.29, 1.82) is 0 Å². The van der Waals surface area contributed by atoms with E-state index < -0.39 is 5.97 Å². The van der Waals surface area contributed by atoms with Crippen LogP contribution in [0.5, 0.6) is 5.88 Å². The molecule has 0 aliphatic rings. The van der Waals surface area contributed by atoms with Crippen LogP contribution in [-0.4, -0.2) is 15.6 Å². The fraction of sp³-hybridized carbons (Fsp3) is 0.200. The van der Waals surface area contributed by atoms with Gasteiger partial charge in [-0.2, -0.15) is 0 Å². The Morgan fingerprint density at radius 2 is 2.25 bits per heavy atom. The van der Waals surface area contributed by atoms with E-state index in [2.05, 4.69) is 9.72 Å². The topological polar surface area (TPSA) is 70.1 Å². The molecule has 0 atom stereocenters. The molecule has 1 rings (SSSR count). The highest BCUT2D eigenvalue weighted by Gasteiger charge is 1.99. The van der Waals surface area contributed by atoms with Gasteiger partial charge in [-0.15, -0.1) is 24.8 Å². The first-order valence-corrected chi connectivity index (χ1v) is 2.66. The second-order valence-corrected chi connectivity index (χ2v) is 1.75. The third-order valence-electron chi connectivity index (χ3n) is 0.826. The molecule has 0 unspecified atom stereocenters. The Morgan fingerprint density at radius 1 is 1.67 bits per heavy atom. The summed E-state index contributed by atoms with van der Waals surface area (Å²) in [6, 6.07) is 0. The standard InChI is InChI=1S/C5H7N3O2.2ClH/c1-4(9)10-5-2-8(6)3-7-5;;/h2-3H,6H2,1H3;2*1H. The van der Waals surface area contributed by atoms with Crippen molar-refractivity contribution in [3.8, 4) is 5.88 Å². The number of esters is 1. The van der Waals surface area contributed by atoms with Gasteiger partial charge in [0.25, 0.3) is 0 Å². The lowest BCUT2D eigenvalue weighted by atomic mass is 10.8. The summed E-state index contributed by atoms with van der Waals surface area (Å²) < 4.78 is 5.79. The van der Waals surface area contributed by atoms with Gasteiger partial charge < -0.3 is 10.6 Å². The molecular weight excluding hydrogens is 205 g/mol. The number of hydrogen-bond donors (Lipinski definition) is 1. The van der Waals surface area contributed by atoms with Gasteiger partial charge in [0.1, 0.15) is 6.33 Å². The number of nitrogen functional groups attached to an aromatic ring is 1. The molecule has 5 nitrogen and oxygen atoms in total. The van der Waals surface area contributed by atoms with Gasteiger partial charge in [0.2, 0.25) is 5.88 Å². The lowest BCUT2D eigenvalue weighted by Gasteiger charge is -1.91. The van der Waals surface area contributed by atoms with Crippen molar-refractivity contribution in [1.82, 2.24) is 9.66 Å². The van der Waals surface area contributed by atoms with E-state index in [1.54, 1.807) is 0 Å². The third kappa shape index (κ3) is 4.05. The van der Waals surface area contributed by atoms with E-state index in [1.807, 2.05) is 0 Å². The van der Waals surface area contributed by atoms with E-state index in [0.29, 0.717) is 0 Å². The van der Waals surface area contributed by atoms with E-state index in [1.165, 1.54) is 24.1 Å². The van der Waals surface area contributed by atoms with E-state index in [-0.39, 0.29) is 30.7 Å². The molecule has 12 heavy (non-hydrogen) atoms. The molecule has 0 aliphatic carbocycles. The second-order valence-electron chi connectivity index (χ2n) is 1.75. The van der Waals surface area contributed by atoms with E-state index in [4.69, 9.17) is 5.84 Å². The maximum atomic E-state index is 10.3. The summed E-state index contributed by atoms with van der Waals surface area (Å²) in [5.74, 6) is 5.03. The predicted molar refractivity (Wildman–Crippen MR) is 48.2 cm³/mol. The van der Waals surface area contributed by atoms with Gasteiger partial charge in [-0.1, -0.05) is 0 Å². The Labute approximate surface area is 81.7 Å². The fourth-order valence-corrected chi connectivity index (χ4v) is 0.518. The summed E-state index contributed by atoms with van der Waals surface area (Å²) in [7, 11) is 0. The summed E-state index contributed by atoms with van der Waals surface area (Å²) in [5, 5.41) is 0. The number of aromatic nitrogens is 2. The molecule has 1 aromatic rings. The number of nitrogens with two attached hydrogens (primary N) is 1. The summed E-state index contributed by atoms with van der Waals surface area (Å²) in [6.45, 7) is 1.30. The predicted octanol–water partition coefficient (Wildman–Crippen LogP) is 0.366.